The Morgan fingerprint density at radius 2 is 2.21 bits per heavy atom. The third-order valence-corrected chi connectivity index (χ3v) is 2.85. The lowest BCUT2D eigenvalue weighted by atomic mass is 10.3. The van der Waals surface area contributed by atoms with Crippen molar-refractivity contribution >= 4 is 23.2 Å². The highest BCUT2D eigenvalue weighted by Crippen LogP contribution is 2.09. The highest BCUT2D eigenvalue weighted by molar-refractivity contribution is 6.29. The molecular formula is C11H9ClN6O. The highest BCUT2D eigenvalue weighted by atomic mass is 35.5. The zero-order valence-electron chi connectivity index (χ0n) is 9.77. The SMILES string of the molecule is O=C(CCc1nnc2ccc(Cl)nn12)n1ccnc1. The zero-order chi connectivity index (χ0) is 13.2. The molecule has 19 heavy (non-hydrogen) atoms. The second kappa shape index (κ2) is 4.77. The van der Waals surface area contributed by atoms with E-state index in [0.29, 0.717) is 29.5 Å². The third kappa shape index (κ3) is 2.32. The summed E-state index contributed by atoms with van der Waals surface area (Å²) in [6.07, 6.45) is 5.38. The van der Waals surface area contributed by atoms with E-state index in [-0.39, 0.29) is 5.91 Å². The number of imidazole rings is 1. The first-order valence-electron chi connectivity index (χ1n) is 5.62. The van der Waals surface area contributed by atoms with Crippen LogP contribution in [0.1, 0.15) is 17.0 Å². The Balaban J connectivity index is 1.79. The second-order valence-corrected chi connectivity index (χ2v) is 4.29. The summed E-state index contributed by atoms with van der Waals surface area (Å²) in [5.41, 5.74) is 0.606. The van der Waals surface area contributed by atoms with Gasteiger partial charge in [-0.15, -0.1) is 10.2 Å². The molecule has 0 bridgehead atoms. The van der Waals surface area contributed by atoms with E-state index in [2.05, 4.69) is 20.3 Å². The molecule has 3 heterocycles. The fraction of sp³-hybridized carbons (Fsp3) is 0.182. The van der Waals surface area contributed by atoms with Gasteiger partial charge in [-0.1, -0.05) is 11.6 Å². The van der Waals surface area contributed by atoms with Crippen LogP contribution in [0.2, 0.25) is 5.15 Å². The molecule has 0 aliphatic carbocycles. The molecule has 0 aromatic carbocycles. The molecule has 8 heteroatoms. The Hall–Kier alpha value is -2.28. The number of nitrogens with zero attached hydrogens (tertiary/aromatic N) is 6. The van der Waals surface area contributed by atoms with E-state index in [9.17, 15) is 4.79 Å². The van der Waals surface area contributed by atoms with Crippen LogP contribution in [0.25, 0.3) is 5.65 Å². The van der Waals surface area contributed by atoms with Crippen molar-refractivity contribution in [1.82, 2.24) is 29.4 Å². The van der Waals surface area contributed by atoms with E-state index in [4.69, 9.17) is 11.6 Å². The van der Waals surface area contributed by atoms with Crippen molar-refractivity contribution in [3.05, 3.63) is 41.8 Å². The fourth-order valence-corrected chi connectivity index (χ4v) is 1.86. The van der Waals surface area contributed by atoms with Gasteiger partial charge in [-0.25, -0.2) is 4.98 Å². The quantitative estimate of drug-likeness (QED) is 0.719. The Bertz CT molecular complexity index is 720. The number of hydrogen-bond acceptors (Lipinski definition) is 5. The summed E-state index contributed by atoms with van der Waals surface area (Å²) in [7, 11) is 0. The molecule has 0 amide bonds. The fourth-order valence-electron chi connectivity index (χ4n) is 1.72. The van der Waals surface area contributed by atoms with E-state index in [1.165, 1.54) is 10.9 Å². The van der Waals surface area contributed by atoms with Gasteiger partial charge in [0.1, 0.15) is 11.5 Å². The minimum Gasteiger partial charge on any atom is -0.276 e. The first-order chi connectivity index (χ1) is 9.24. The van der Waals surface area contributed by atoms with Gasteiger partial charge in [0.25, 0.3) is 0 Å². The molecule has 0 fully saturated rings. The van der Waals surface area contributed by atoms with Crippen LogP contribution in [0.4, 0.5) is 0 Å². The van der Waals surface area contributed by atoms with Crippen LogP contribution < -0.4 is 0 Å². The molecule has 0 saturated carbocycles. The molecule has 0 atom stereocenters. The first kappa shape index (κ1) is 11.8. The van der Waals surface area contributed by atoms with Gasteiger partial charge in [-0.3, -0.25) is 9.36 Å². The van der Waals surface area contributed by atoms with Gasteiger partial charge in [0.05, 0.1) is 0 Å². The molecular weight excluding hydrogens is 268 g/mol. The molecule has 96 valence electrons. The zero-order valence-corrected chi connectivity index (χ0v) is 10.5. The van der Waals surface area contributed by atoms with Crippen LogP contribution in [-0.4, -0.2) is 35.3 Å². The Morgan fingerprint density at radius 3 is 3.00 bits per heavy atom. The second-order valence-electron chi connectivity index (χ2n) is 3.91. The molecule has 0 aliphatic rings. The summed E-state index contributed by atoms with van der Waals surface area (Å²) in [6.45, 7) is 0. The molecule has 3 aromatic heterocycles. The number of rotatable bonds is 3. The van der Waals surface area contributed by atoms with Gasteiger partial charge >= 0.3 is 0 Å². The maximum Gasteiger partial charge on any atom is 0.232 e. The molecule has 3 aromatic rings. The molecule has 0 aliphatic heterocycles. The van der Waals surface area contributed by atoms with Crippen molar-refractivity contribution < 1.29 is 4.79 Å². The Morgan fingerprint density at radius 1 is 1.32 bits per heavy atom. The van der Waals surface area contributed by atoms with Crippen LogP contribution >= 0.6 is 11.6 Å². The Kier molecular flexibility index (Phi) is 2.96. The first-order valence-corrected chi connectivity index (χ1v) is 6.00. The van der Waals surface area contributed by atoms with Gasteiger partial charge in [0.15, 0.2) is 11.5 Å². The lowest BCUT2D eigenvalue weighted by Gasteiger charge is -2.00. The van der Waals surface area contributed by atoms with Crippen LogP contribution in [0.5, 0.6) is 0 Å². The van der Waals surface area contributed by atoms with Gasteiger partial charge < -0.3 is 0 Å². The van der Waals surface area contributed by atoms with E-state index >= 15 is 0 Å². The summed E-state index contributed by atoms with van der Waals surface area (Å²) in [4.78, 5) is 15.7. The van der Waals surface area contributed by atoms with Gasteiger partial charge in [-0.2, -0.15) is 9.61 Å². The molecule has 0 N–H and O–H groups in total. The standard InChI is InChI=1S/C11H9ClN6O/c12-8-1-2-9-14-15-10(18(9)16-8)3-4-11(19)17-6-5-13-7-17/h1-2,5-7H,3-4H2. The number of hydrogen-bond donors (Lipinski definition) is 0. The monoisotopic (exact) mass is 276 g/mol. The van der Waals surface area contributed by atoms with E-state index in [1.54, 1.807) is 29.0 Å². The Labute approximate surface area is 112 Å². The summed E-state index contributed by atoms with van der Waals surface area (Å²) in [5.74, 6) is 0.544. The minimum absolute atomic E-state index is 0.0590. The summed E-state index contributed by atoms with van der Waals surface area (Å²) >= 11 is 5.82. The van der Waals surface area contributed by atoms with Crippen molar-refractivity contribution in [2.45, 2.75) is 12.8 Å². The molecule has 0 saturated heterocycles. The number of carbonyl (C=O) groups is 1. The number of halogens is 1. The number of carbonyl (C=O) groups excluding carboxylic acids is 1. The highest BCUT2D eigenvalue weighted by Gasteiger charge is 2.10. The van der Waals surface area contributed by atoms with Crippen LogP contribution in [0.3, 0.4) is 0 Å². The maximum absolute atomic E-state index is 11.8. The minimum atomic E-state index is -0.0590. The molecule has 0 unspecified atom stereocenters. The molecule has 0 spiro atoms. The molecule has 3 rings (SSSR count). The lowest BCUT2D eigenvalue weighted by Crippen LogP contribution is -2.10. The normalized spacial score (nSPS) is 11.0. The van der Waals surface area contributed by atoms with E-state index in [0.717, 1.165) is 0 Å². The van der Waals surface area contributed by atoms with Crippen LogP contribution in [0, 0.1) is 0 Å². The van der Waals surface area contributed by atoms with Crippen molar-refractivity contribution in [3.63, 3.8) is 0 Å². The van der Waals surface area contributed by atoms with Gasteiger partial charge in [-0.05, 0) is 12.1 Å². The predicted octanol–water partition coefficient (Wildman–Crippen LogP) is 1.25. The van der Waals surface area contributed by atoms with Crippen molar-refractivity contribution in [2.75, 3.05) is 0 Å². The van der Waals surface area contributed by atoms with Crippen molar-refractivity contribution in [3.8, 4) is 0 Å². The lowest BCUT2D eigenvalue weighted by molar-refractivity contribution is 0.0902. The van der Waals surface area contributed by atoms with E-state index in [1.807, 2.05) is 0 Å². The number of fused-ring (bicyclic) bond motifs is 1. The number of aryl methyl sites for hydroxylation is 1. The van der Waals surface area contributed by atoms with Gasteiger partial charge in [0, 0.05) is 25.2 Å². The summed E-state index contributed by atoms with van der Waals surface area (Å²) < 4.78 is 2.98. The van der Waals surface area contributed by atoms with Gasteiger partial charge in [0.2, 0.25) is 5.91 Å². The topological polar surface area (TPSA) is 78.0 Å². The summed E-state index contributed by atoms with van der Waals surface area (Å²) in [5, 5.41) is 12.4. The summed E-state index contributed by atoms with van der Waals surface area (Å²) in [6, 6.07) is 3.37. The third-order valence-electron chi connectivity index (χ3n) is 2.65. The van der Waals surface area contributed by atoms with E-state index < -0.39 is 0 Å². The maximum atomic E-state index is 11.8. The van der Waals surface area contributed by atoms with Crippen molar-refractivity contribution in [2.24, 2.45) is 0 Å². The van der Waals surface area contributed by atoms with Crippen LogP contribution in [0.15, 0.2) is 30.9 Å². The van der Waals surface area contributed by atoms with Crippen molar-refractivity contribution in [1.29, 1.82) is 0 Å². The molecule has 0 radical (unpaired) electrons. The van der Waals surface area contributed by atoms with Crippen LogP contribution in [-0.2, 0) is 6.42 Å². The molecule has 7 nitrogen and oxygen atoms in total. The smallest absolute Gasteiger partial charge is 0.232 e. The number of aromatic nitrogens is 6. The largest absolute Gasteiger partial charge is 0.276 e. The predicted molar refractivity (Wildman–Crippen MR) is 67.0 cm³/mol. The average Bonchev–Trinajstić information content (AvgIpc) is 3.05. The average molecular weight is 277 g/mol.